The van der Waals surface area contributed by atoms with Crippen LogP contribution in [0, 0.1) is 0 Å². The summed E-state index contributed by atoms with van der Waals surface area (Å²) in [6, 6.07) is 0. The van der Waals surface area contributed by atoms with Gasteiger partial charge in [-0.2, -0.15) is 8.42 Å². The molecular weight excluding hydrogens is 143 g/mol. The van der Waals surface area contributed by atoms with Crippen LogP contribution in [0.5, 0.6) is 0 Å². The van der Waals surface area contributed by atoms with Gasteiger partial charge >= 0.3 is 40.0 Å². The number of hydrogen-bond acceptors (Lipinski definition) is 4. The van der Waals surface area contributed by atoms with Gasteiger partial charge in [-0.25, -0.2) is 0 Å². The summed E-state index contributed by atoms with van der Waals surface area (Å²) in [4.78, 5) is 0. The molecule has 6 heteroatoms. The van der Waals surface area contributed by atoms with Crippen LogP contribution in [0.25, 0.3) is 0 Å². The van der Waals surface area contributed by atoms with Gasteiger partial charge in [0.05, 0.1) is 14.2 Å². The Balaban J connectivity index is 0. The van der Waals surface area contributed by atoms with E-state index in [1.165, 1.54) is 0 Å². The van der Waals surface area contributed by atoms with Gasteiger partial charge in [0.25, 0.3) is 0 Å². The van der Waals surface area contributed by atoms with Crippen molar-refractivity contribution in [3.63, 3.8) is 0 Å². The van der Waals surface area contributed by atoms with Crippen molar-refractivity contribution in [2.45, 2.75) is 0 Å². The van der Waals surface area contributed by atoms with Gasteiger partial charge in [0.1, 0.15) is 0 Å². The molecule has 0 unspecified atom stereocenters. The summed E-state index contributed by atoms with van der Waals surface area (Å²) in [5.41, 5.74) is 0. The average molecular weight is 150 g/mol. The molecule has 0 bridgehead atoms. The van der Waals surface area contributed by atoms with E-state index >= 15 is 0 Å². The Morgan fingerprint density at radius 1 is 1.12 bits per heavy atom. The Kier molecular flexibility index (Phi) is 6.87. The molecular formula is C2H7NaO4S. The molecule has 0 spiro atoms. The van der Waals surface area contributed by atoms with E-state index in [2.05, 4.69) is 8.37 Å². The molecule has 46 valence electrons. The van der Waals surface area contributed by atoms with Crippen molar-refractivity contribution >= 4 is 40.0 Å². The Hall–Kier alpha value is 0.870. The van der Waals surface area contributed by atoms with Gasteiger partial charge in [-0.3, -0.25) is 8.37 Å². The van der Waals surface area contributed by atoms with Crippen LogP contribution < -0.4 is 0 Å². The molecule has 0 amide bonds. The quantitative estimate of drug-likeness (QED) is 0.468. The topological polar surface area (TPSA) is 52.6 Å². The van der Waals surface area contributed by atoms with E-state index in [1.54, 1.807) is 0 Å². The third-order valence-electron chi connectivity index (χ3n) is 0.408. The molecule has 0 saturated heterocycles. The van der Waals surface area contributed by atoms with E-state index in [-0.39, 0.29) is 29.6 Å². The Morgan fingerprint density at radius 3 is 1.38 bits per heavy atom. The van der Waals surface area contributed by atoms with Crippen molar-refractivity contribution in [1.82, 2.24) is 0 Å². The maximum atomic E-state index is 9.92. The van der Waals surface area contributed by atoms with Crippen molar-refractivity contribution in [2.75, 3.05) is 14.2 Å². The molecule has 0 N–H and O–H groups in total. The molecule has 0 radical (unpaired) electrons. The van der Waals surface area contributed by atoms with Crippen molar-refractivity contribution in [3.05, 3.63) is 0 Å². The van der Waals surface area contributed by atoms with Crippen molar-refractivity contribution in [3.8, 4) is 0 Å². The summed E-state index contributed by atoms with van der Waals surface area (Å²) in [7, 11) is -1.60. The fourth-order valence-electron chi connectivity index (χ4n) is 0.0680. The molecule has 0 fully saturated rings. The third kappa shape index (κ3) is 5.02. The zero-order chi connectivity index (χ0) is 5.91. The Labute approximate surface area is 70.8 Å². The van der Waals surface area contributed by atoms with Crippen LogP contribution in [0.4, 0.5) is 0 Å². The standard InChI is InChI=1S/C2H6O4S.Na.H/c1-5-7(3,4)6-2;;/h1-2H3;;. The van der Waals surface area contributed by atoms with E-state index in [1.807, 2.05) is 0 Å². The molecule has 0 aromatic heterocycles. The zero-order valence-electron chi connectivity index (χ0n) is 4.04. The van der Waals surface area contributed by atoms with Gasteiger partial charge in [-0.15, -0.1) is 0 Å². The Morgan fingerprint density at radius 2 is 1.38 bits per heavy atom. The second-order valence-electron chi connectivity index (χ2n) is 0.742. The van der Waals surface area contributed by atoms with Gasteiger partial charge in [0, 0.05) is 0 Å². The van der Waals surface area contributed by atoms with Crippen LogP contribution >= 0.6 is 0 Å². The monoisotopic (exact) mass is 150 g/mol. The van der Waals surface area contributed by atoms with Crippen LogP contribution in [0.15, 0.2) is 0 Å². The Bertz CT molecular complexity index is 117. The van der Waals surface area contributed by atoms with Crippen LogP contribution in [0.3, 0.4) is 0 Å². The minimum absolute atomic E-state index is 0. The van der Waals surface area contributed by atoms with Crippen molar-refractivity contribution in [1.29, 1.82) is 0 Å². The second kappa shape index (κ2) is 4.72. The van der Waals surface area contributed by atoms with E-state index in [0.29, 0.717) is 0 Å². The third-order valence-corrected chi connectivity index (χ3v) is 1.22. The van der Waals surface area contributed by atoms with Crippen LogP contribution in [0.1, 0.15) is 0 Å². The fourth-order valence-corrected chi connectivity index (χ4v) is 0.204. The summed E-state index contributed by atoms with van der Waals surface area (Å²) in [6.45, 7) is 0. The summed E-state index contributed by atoms with van der Waals surface area (Å²) >= 11 is 0. The fraction of sp³-hybridized carbons (Fsp3) is 1.00. The van der Waals surface area contributed by atoms with Gasteiger partial charge in [0.15, 0.2) is 0 Å². The van der Waals surface area contributed by atoms with Gasteiger partial charge in [-0.05, 0) is 0 Å². The molecule has 0 aromatic rings. The molecule has 0 atom stereocenters. The second-order valence-corrected chi connectivity index (χ2v) is 2.22. The van der Waals surface area contributed by atoms with Crippen LogP contribution in [-0.2, 0) is 18.8 Å². The molecule has 0 aromatic carbocycles. The van der Waals surface area contributed by atoms with E-state index in [4.69, 9.17) is 0 Å². The van der Waals surface area contributed by atoms with Crippen LogP contribution in [-0.4, -0.2) is 52.2 Å². The van der Waals surface area contributed by atoms with E-state index in [0.717, 1.165) is 14.2 Å². The summed E-state index contributed by atoms with van der Waals surface area (Å²) in [5, 5.41) is 0. The predicted molar refractivity (Wildman–Crippen MR) is 30.1 cm³/mol. The first kappa shape index (κ1) is 11.6. The molecule has 0 aliphatic carbocycles. The summed E-state index contributed by atoms with van der Waals surface area (Å²) in [6.07, 6.45) is 0. The normalized spacial score (nSPS) is 10.2. The van der Waals surface area contributed by atoms with Crippen molar-refractivity contribution < 1.29 is 16.8 Å². The summed E-state index contributed by atoms with van der Waals surface area (Å²) in [5.74, 6) is 0. The minimum atomic E-state index is -3.66. The van der Waals surface area contributed by atoms with Crippen LogP contribution in [0.2, 0.25) is 0 Å². The molecule has 4 nitrogen and oxygen atoms in total. The number of rotatable bonds is 2. The maximum absolute atomic E-state index is 9.92. The molecule has 0 saturated carbocycles. The van der Waals surface area contributed by atoms with Gasteiger partial charge in [0.2, 0.25) is 0 Å². The van der Waals surface area contributed by atoms with E-state index in [9.17, 15) is 8.42 Å². The first-order valence-electron chi connectivity index (χ1n) is 1.48. The van der Waals surface area contributed by atoms with Gasteiger partial charge < -0.3 is 0 Å². The molecule has 8 heavy (non-hydrogen) atoms. The van der Waals surface area contributed by atoms with E-state index < -0.39 is 10.4 Å². The predicted octanol–water partition coefficient (Wildman–Crippen LogP) is -1.12. The molecule has 0 heterocycles. The average Bonchev–Trinajstić information content (AvgIpc) is 1.68. The molecule has 0 rings (SSSR count). The SMILES string of the molecule is COS(=O)(=O)OC.[NaH]. The molecule has 0 aliphatic rings. The number of hydrogen-bond donors (Lipinski definition) is 0. The zero-order valence-corrected chi connectivity index (χ0v) is 4.86. The van der Waals surface area contributed by atoms with Crippen molar-refractivity contribution in [2.24, 2.45) is 0 Å². The molecule has 0 aliphatic heterocycles. The van der Waals surface area contributed by atoms with Gasteiger partial charge in [-0.1, -0.05) is 0 Å². The first-order valence-corrected chi connectivity index (χ1v) is 2.82. The first-order chi connectivity index (χ1) is 3.12. The summed E-state index contributed by atoms with van der Waals surface area (Å²) < 4.78 is 27.5.